The summed E-state index contributed by atoms with van der Waals surface area (Å²) in [5, 5.41) is 13.1. The van der Waals surface area contributed by atoms with Crippen molar-refractivity contribution in [2.45, 2.75) is 6.92 Å². The van der Waals surface area contributed by atoms with Gasteiger partial charge in [0.2, 0.25) is 0 Å². The third-order valence-electron chi connectivity index (χ3n) is 3.35. The number of pyridine rings is 1. The van der Waals surface area contributed by atoms with Gasteiger partial charge in [-0.25, -0.2) is 0 Å². The summed E-state index contributed by atoms with van der Waals surface area (Å²) in [6.07, 6.45) is 2.70. The van der Waals surface area contributed by atoms with Crippen LogP contribution < -0.4 is 5.32 Å². The zero-order chi connectivity index (χ0) is 17.4. The van der Waals surface area contributed by atoms with E-state index in [2.05, 4.69) is 10.3 Å². The summed E-state index contributed by atoms with van der Waals surface area (Å²) in [6.45, 7) is 1.32. The lowest BCUT2D eigenvalue weighted by Gasteiger charge is -2.09. The van der Waals surface area contributed by atoms with Crippen LogP contribution in [0.2, 0.25) is 10.0 Å². The van der Waals surface area contributed by atoms with E-state index in [-0.39, 0.29) is 44.2 Å². The average Bonchev–Trinajstić information content (AvgIpc) is 2.97. The Bertz CT molecular complexity index is 961. The number of amides is 1. The lowest BCUT2D eigenvalue weighted by Crippen LogP contribution is -2.13. The van der Waals surface area contributed by atoms with Crippen molar-refractivity contribution in [3.05, 3.63) is 52.0 Å². The number of nitrogens with one attached hydrogen (secondary N) is 1. The number of rotatable bonds is 3. The number of furan rings is 1. The predicted octanol–water partition coefficient (Wildman–Crippen LogP) is 4.30. The van der Waals surface area contributed by atoms with E-state index < -0.39 is 5.91 Å². The number of anilines is 1. The molecular weight excluding hydrogens is 355 g/mol. The van der Waals surface area contributed by atoms with Crippen molar-refractivity contribution in [3.8, 4) is 5.75 Å². The Labute approximate surface area is 146 Å². The summed E-state index contributed by atoms with van der Waals surface area (Å²) in [7, 11) is 0. The second-order valence-electron chi connectivity index (χ2n) is 4.97. The Morgan fingerprint density at radius 1 is 1.21 bits per heavy atom. The van der Waals surface area contributed by atoms with Gasteiger partial charge in [0, 0.05) is 24.7 Å². The molecule has 3 aromatic rings. The highest BCUT2D eigenvalue weighted by Gasteiger charge is 2.20. The second-order valence-corrected chi connectivity index (χ2v) is 5.79. The second kappa shape index (κ2) is 6.14. The van der Waals surface area contributed by atoms with Crippen LogP contribution in [0.25, 0.3) is 11.0 Å². The maximum atomic E-state index is 12.6. The third kappa shape index (κ3) is 2.81. The number of carbonyl (C=O) groups excluding carboxylic acids is 2. The third-order valence-corrected chi connectivity index (χ3v) is 3.92. The molecule has 0 aliphatic carbocycles. The number of hydrogen-bond donors (Lipinski definition) is 2. The molecule has 2 aromatic heterocycles. The Kier molecular flexibility index (Phi) is 4.17. The zero-order valence-corrected chi connectivity index (χ0v) is 13.8. The number of benzene rings is 1. The highest BCUT2D eigenvalue weighted by atomic mass is 35.5. The molecule has 6 nitrogen and oxygen atoms in total. The van der Waals surface area contributed by atoms with Crippen LogP contribution in [0, 0.1) is 0 Å². The largest absolute Gasteiger partial charge is 0.504 e. The van der Waals surface area contributed by atoms with E-state index in [0.717, 1.165) is 0 Å². The molecule has 0 fully saturated rings. The molecule has 122 valence electrons. The number of fused-ring (bicyclic) bond motifs is 1. The van der Waals surface area contributed by atoms with E-state index in [4.69, 9.17) is 27.6 Å². The van der Waals surface area contributed by atoms with E-state index in [9.17, 15) is 14.7 Å². The van der Waals surface area contributed by atoms with Gasteiger partial charge in [-0.1, -0.05) is 23.2 Å². The SMILES string of the molecule is CC(=O)c1cc2c(C(=O)Nc3c(Cl)cncc3Cl)ccc(O)c2o1. The van der Waals surface area contributed by atoms with Crippen LogP contribution in [-0.4, -0.2) is 21.8 Å². The number of ketones is 1. The molecule has 0 aliphatic rings. The number of phenols is 1. The van der Waals surface area contributed by atoms with Crippen molar-refractivity contribution < 1.29 is 19.1 Å². The molecule has 8 heteroatoms. The first-order valence-corrected chi connectivity index (χ1v) is 7.51. The van der Waals surface area contributed by atoms with Gasteiger partial charge in [0.05, 0.1) is 21.3 Å². The summed E-state index contributed by atoms with van der Waals surface area (Å²) < 4.78 is 5.31. The van der Waals surface area contributed by atoms with Crippen molar-refractivity contribution in [2.24, 2.45) is 0 Å². The number of nitrogens with zero attached hydrogens (tertiary/aromatic N) is 1. The summed E-state index contributed by atoms with van der Waals surface area (Å²) in [6, 6.07) is 4.12. The molecule has 0 spiro atoms. The lowest BCUT2D eigenvalue weighted by atomic mass is 10.1. The normalized spacial score (nSPS) is 10.8. The fraction of sp³-hybridized carbons (Fsp3) is 0.0625. The van der Waals surface area contributed by atoms with Crippen LogP contribution in [-0.2, 0) is 0 Å². The van der Waals surface area contributed by atoms with Gasteiger partial charge < -0.3 is 14.8 Å². The minimum absolute atomic E-state index is 0.0422. The number of hydrogen-bond acceptors (Lipinski definition) is 5. The standard InChI is InChI=1S/C16H10Cl2N2O4/c1-7(21)13-4-9-8(2-3-12(22)15(9)24-13)16(23)20-14-10(17)5-19-6-11(14)18/h2-6,22H,1H3,(H,19,20,23). The van der Waals surface area contributed by atoms with E-state index in [0.29, 0.717) is 5.39 Å². The summed E-state index contributed by atoms with van der Waals surface area (Å²) in [5.74, 6) is -0.974. The van der Waals surface area contributed by atoms with Crippen LogP contribution in [0.5, 0.6) is 5.75 Å². The summed E-state index contributed by atoms with van der Waals surface area (Å²) in [4.78, 5) is 27.8. The smallest absolute Gasteiger partial charge is 0.256 e. The van der Waals surface area contributed by atoms with Crippen molar-refractivity contribution in [2.75, 3.05) is 5.32 Å². The van der Waals surface area contributed by atoms with Crippen LogP contribution >= 0.6 is 23.2 Å². The van der Waals surface area contributed by atoms with E-state index in [1.807, 2.05) is 0 Å². The average molecular weight is 365 g/mol. The highest BCUT2D eigenvalue weighted by molar-refractivity contribution is 6.39. The molecular formula is C16H10Cl2N2O4. The number of Topliss-reactive ketones (excluding diaryl/α,β-unsaturated/α-hetero) is 1. The number of aromatic hydroxyl groups is 1. The molecule has 0 bridgehead atoms. The number of halogens is 2. The molecule has 2 heterocycles. The van der Waals surface area contributed by atoms with Crippen LogP contribution in [0.3, 0.4) is 0 Å². The molecule has 0 radical (unpaired) electrons. The molecule has 3 rings (SSSR count). The molecule has 1 amide bonds. The van der Waals surface area contributed by atoms with Gasteiger partial charge in [0.15, 0.2) is 22.9 Å². The fourth-order valence-electron chi connectivity index (χ4n) is 2.19. The van der Waals surface area contributed by atoms with Gasteiger partial charge in [-0.3, -0.25) is 14.6 Å². The van der Waals surface area contributed by atoms with Gasteiger partial charge in [0.1, 0.15) is 0 Å². The highest BCUT2D eigenvalue weighted by Crippen LogP contribution is 2.33. The first kappa shape index (κ1) is 16.3. The van der Waals surface area contributed by atoms with Crippen molar-refractivity contribution in [1.82, 2.24) is 4.98 Å². The van der Waals surface area contributed by atoms with Crippen LogP contribution in [0.1, 0.15) is 27.8 Å². The van der Waals surface area contributed by atoms with Gasteiger partial charge in [-0.2, -0.15) is 0 Å². The van der Waals surface area contributed by atoms with Crippen LogP contribution in [0.15, 0.2) is 35.0 Å². The van der Waals surface area contributed by atoms with Crippen LogP contribution in [0.4, 0.5) is 5.69 Å². The molecule has 0 saturated heterocycles. The van der Waals surface area contributed by atoms with Gasteiger partial charge in [-0.05, 0) is 18.2 Å². The number of aromatic nitrogens is 1. The monoisotopic (exact) mass is 364 g/mol. The maximum absolute atomic E-state index is 12.6. The Balaban J connectivity index is 2.07. The summed E-state index contributed by atoms with van der Waals surface area (Å²) in [5.41, 5.74) is 0.470. The summed E-state index contributed by atoms with van der Waals surface area (Å²) >= 11 is 12.0. The molecule has 0 saturated carbocycles. The Hall–Kier alpha value is -2.57. The number of carbonyl (C=O) groups is 2. The number of phenolic OH excluding ortho intramolecular Hbond substituents is 1. The minimum Gasteiger partial charge on any atom is -0.504 e. The van der Waals surface area contributed by atoms with Gasteiger partial charge in [-0.15, -0.1) is 0 Å². The molecule has 0 aliphatic heterocycles. The van der Waals surface area contributed by atoms with Crippen molar-refractivity contribution in [3.63, 3.8) is 0 Å². The topological polar surface area (TPSA) is 92.4 Å². The quantitative estimate of drug-likeness (QED) is 0.676. The van der Waals surface area contributed by atoms with Crippen molar-refractivity contribution >= 4 is 51.5 Å². The van der Waals surface area contributed by atoms with Crippen molar-refractivity contribution in [1.29, 1.82) is 0 Å². The predicted molar refractivity (Wildman–Crippen MR) is 90.1 cm³/mol. The molecule has 1 aromatic carbocycles. The minimum atomic E-state index is -0.522. The van der Waals surface area contributed by atoms with E-state index in [1.54, 1.807) is 0 Å². The first-order chi connectivity index (χ1) is 11.4. The van der Waals surface area contributed by atoms with E-state index in [1.165, 1.54) is 37.5 Å². The Morgan fingerprint density at radius 2 is 1.88 bits per heavy atom. The Morgan fingerprint density at radius 3 is 2.50 bits per heavy atom. The molecule has 2 N–H and O–H groups in total. The van der Waals surface area contributed by atoms with Gasteiger partial charge >= 0.3 is 0 Å². The zero-order valence-electron chi connectivity index (χ0n) is 12.3. The first-order valence-electron chi connectivity index (χ1n) is 6.75. The lowest BCUT2D eigenvalue weighted by molar-refractivity contribution is 0.0987. The molecule has 24 heavy (non-hydrogen) atoms. The van der Waals surface area contributed by atoms with E-state index >= 15 is 0 Å². The fourth-order valence-corrected chi connectivity index (χ4v) is 2.65. The molecule has 0 atom stereocenters. The maximum Gasteiger partial charge on any atom is 0.256 e. The molecule has 0 unspecified atom stereocenters. The van der Waals surface area contributed by atoms with Gasteiger partial charge in [0.25, 0.3) is 5.91 Å².